The maximum Gasteiger partial charge on any atom is 0.306 e. The lowest BCUT2D eigenvalue weighted by molar-refractivity contribution is -0.209. The molecule has 1 spiro atoms. The first-order chi connectivity index (χ1) is 14.1. The second kappa shape index (κ2) is 5.30. The van der Waals surface area contributed by atoms with E-state index < -0.39 is 22.5 Å². The number of allylic oxidation sites excluding steroid dienone is 2. The van der Waals surface area contributed by atoms with Crippen molar-refractivity contribution < 1.29 is 19.4 Å². The van der Waals surface area contributed by atoms with Gasteiger partial charge in [-0.1, -0.05) is 13.8 Å². The number of hydrogen-bond donors (Lipinski definition) is 2. The molecule has 0 amide bonds. The van der Waals surface area contributed by atoms with E-state index in [2.05, 4.69) is 19.9 Å². The quantitative estimate of drug-likeness (QED) is 0.594. The van der Waals surface area contributed by atoms with Crippen molar-refractivity contribution in [1.29, 1.82) is 5.26 Å². The molecule has 3 N–H and O–H groups in total. The highest BCUT2D eigenvalue weighted by Crippen LogP contribution is 2.76. The molecule has 30 heavy (non-hydrogen) atoms. The summed E-state index contributed by atoms with van der Waals surface area (Å²) in [5, 5.41) is 22.0. The minimum absolute atomic E-state index is 0.0255. The van der Waals surface area contributed by atoms with E-state index >= 15 is 0 Å². The van der Waals surface area contributed by atoms with Crippen LogP contribution in [0.1, 0.15) is 65.2 Å². The van der Waals surface area contributed by atoms with Crippen LogP contribution in [0.3, 0.4) is 0 Å². The fourth-order valence-electron chi connectivity index (χ4n) is 9.56. The largest absolute Gasteiger partial charge is 0.458 e. The molecule has 2 bridgehead atoms. The number of nitriles is 1. The Hall–Kier alpha value is -1.87. The molecular weight excluding hydrogens is 380 g/mol. The number of fused-ring (bicyclic) bond motifs is 7. The van der Waals surface area contributed by atoms with E-state index in [4.69, 9.17) is 10.5 Å². The van der Waals surface area contributed by atoms with Crippen LogP contribution in [0, 0.1) is 51.2 Å². The van der Waals surface area contributed by atoms with Crippen LogP contribution in [-0.2, 0) is 14.3 Å². The molecular formula is C24H30N2O4. The molecule has 5 fully saturated rings. The smallest absolute Gasteiger partial charge is 0.306 e. The van der Waals surface area contributed by atoms with E-state index in [1.807, 2.05) is 0 Å². The van der Waals surface area contributed by atoms with Gasteiger partial charge in [0.25, 0.3) is 0 Å². The van der Waals surface area contributed by atoms with Gasteiger partial charge in [-0.25, -0.2) is 0 Å². The maximum atomic E-state index is 12.9. The second-order valence-corrected chi connectivity index (χ2v) is 11.4. The molecule has 1 heterocycles. The highest BCUT2D eigenvalue weighted by Gasteiger charge is 2.76. The van der Waals surface area contributed by atoms with Crippen molar-refractivity contribution >= 4 is 11.8 Å². The molecule has 1 saturated heterocycles. The first-order valence-corrected chi connectivity index (χ1v) is 11.5. The molecule has 4 saturated carbocycles. The van der Waals surface area contributed by atoms with Gasteiger partial charge < -0.3 is 15.6 Å². The molecule has 1 aliphatic heterocycles. The average Bonchev–Trinajstić information content (AvgIpc) is 3.31. The molecule has 9 atom stereocenters. The fourth-order valence-corrected chi connectivity index (χ4v) is 9.56. The topological polar surface area (TPSA) is 113 Å². The van der Waals surface area contributed by atoms with Crippen LogP contribution in [0.4, 0.5) is 0 Å². The van der Waals surface area contributed by atoms with E-state index in [0.29, 0.717) is 43.4 Å². The van der Waals surface area contributed by atoms with Gasteiger partial charge >= 0.3 is 5.97 Å². The molecule has 0 aromatic heterocycles. The molecule has 5 aliphatic carbocycles. The van der Waals surface area contributed by atoms with Crippen molar-refractivity contribution in [3.05, 3.63) is 11.3 Å². The number of hydrogen-bond acceptors (Lipinski definition) is 6. The summed E-state index contributed by atoms with van der Waals surface area (Å²) in [6.45, 7) is 4.33. The lowest BCUT2D eigenvalue weighted by Gasteiger charge is -2.64. The number of aliphatic hydroxyl groups is 1. The van der Waals surface area contributed by atoms with Crippen molar-refractivity contribution in [2.45, 2.75) is 76.9 Å². The van der Waals surface area contributed by atoms with Gasteiger partial charge in [-0.05, 0) is 61.7 Å². The van der Waals surface area contributed by atoms with Gasteiger partial charge in [0, 0.05) is 35.4 Å². The Balaban J connectivity index is 1.53. The number of carbonyl (C=O) groups is 2. The number of ketones is 1. The third kappa shape index (κ3) is 1.71. The average molecular weight is 411 g/mol. The molecule has 6 aliphatic rings. The van der Waals surface area contributed by atoms with Gasteiger partial charge in [-0.3, -0.25) is 9.59 Å². The van der Waals surface area contributed by atoms with Crippen LogP contribution in [0.15, 0.2) is 11.3 Å². The van der Waals surface area contributed by atoms with Crippen molar-refractivity contribution in [3.8, 4) is 6.07 Å². The number of aliphatic hydroxyl groups excluding tert-OH is 1. The summed E-state index contributed by atoms with van der Waals surface area (Å²) < 4.78 is 5.99. The lowest BCUT2D eigenvalue weighted by Crippen LogP contribution is -2.64. The SMILES string of the molecule is C[C@]12C[C@@H](O)[C@H]3[C@@H]([C@H]4C[C@]5(C#N)C(=C4N)C(=O)CC[C@]35C)[C@@H]1CC[C@@]21CCC(=O)O1. The summed E-state index contributed by atoms with van der Waals surface area (Å²) in [6.07, 6.45) is 4.57. The minimum atomic E-state index is -0.872. The van der Waals surface area contributed by atoms with Gasteiger partial charge in [0.1, 0.15) is 5.60 Å². The molecule has 0 unspecified atom stereocenters. The zero-order valence-corrected chi connectivity index (χ0v) is 17.7. The predicted molar refractivity (Wildman–Crippen MR) is 106 cm³/mol. The van der Waals surface area contributed by atoms with Crippen molar-refractivity contribution in [2.24, 2.45) is 45.7 Å². The van der Waals surface area contributed by atoms with Gasteiger partial charge in [-0.15, -0.1) is 0 Å². The first-order valence-electron chi connectivity index (χ1n) is 11.5. The van der Waals surface area contributed by atoms with E-state index in [0.717, 1.165) is 19.3 Å². The summed E-state index contributed by atoms with van der Waals surface area (Å²) in [6, 6.07) is 2.55. The molecule has 0 aromatic rings. The molecule has 6 nitrogen and oxygen atoms in total. The number of nitrogens with two attached hydrogens (primary N) is 1. The molecule has 0 radical (unpaired) electrons. The number of carbonyl (C=O) groups excluding carboxylic acids is 2. The van der Waals surface area contributed by atoms with Gasteiger partial charge in [0.05, 0.1) is 17.6 Å². The van der Waals surface area contributed by atoms with Gasteiger partial charge in [0.2, 0.25) is 0 Å². The number of esters is 1. The van der Waals surface area contributed by atoms with Crippen LogP contribution in [-0.4, -0.2) is 28.6 Å². The maximum absolute atomic E-state index is 12.9. The fraction of sp³-hybridized carbons (Fsp3) is 0.792. The Morgan fingerprint density at radius 3 is 2.57 bits per heavy atom. The zero-order chi connectivity index (χ0) is 21.3. The normalized spacial score (nSPS) is 56.0. The van der Waals surface area contributed by atoms with Crippen molar-refractivity contribution in [3.63, 3.8) is 0 Å². The van der Waals surface area contributed by atoms with E-state index in [1.165, 1.54) is 0 Å². The van der Waals surface area contributed by atoms with Gasteiger partial charge in [0.15, 0.2) is 5.78 Å². The highest BCUT2D eigenvalue weighted by molar-refractivity contribution is 6.00. The number of rotatable bonds is 0. The van der Waals surface area contributed by atoms with E-state index in [-0.39, 0.29) is 40.8 Å². The van der Waals surface area contributed by atoms with E-state index in [1.54, 1.807) is 0 Å². The monoisotopic (exact) mass is 410 g/mol. The number of Topliss-reactive ketones (excluding diaryl/α,β-unsaturated/α-hetero) is 1. The predicted octanol–water partition coefficient (Wildman–Crippen LogP) is 2.60. The Morgan fingerprint density at radius 1 is 1.13 bits per heavy atom. The highest BCUT2D eigenvalue weighted by atomic mass is 16.6. The molecule has 160 valence electrons. The summed E-state index contributed by atoms with van der Waals surface area (Å²) in [5.74, 6) is 0.169. The summed E-state index contributed by atoms with van der Waals surface area (Å²) in [4.78, 5) is 25.0. The van der Waals surface area contributed by atoms with Gasteiger partial charge in [-0.2, -0.15) is 5.26 Å². The molecule has 6 rings (SSSR count). The Morgan fingerprint density at radius 2 is 1.90 bits per heavy atom. The molecule has 0 aromatic carbocycles. The third-order valence-corrected chi connectivity index (χ3v) is 10.8. The summed E-state index contributed by atoms with van der Waals surface area (Å²) >= 11 is 0. The van der Waals surface area contributed by atoms with Crippen LogP contribution in [0.5, 0.6) is 0 Å². The second-order valence-electron chi connectivity index (χ2n) is 11.4. The Kier molecular flexibility index (Phi) is 3.33. The molecule has 6 heteroatoms. The Bertz CT molecular complexity index is 967. The van der Waals surface area contributed by atoms with Crippen LogP contribution >= 0.6 is 0 Å². The van der Waals surface area contributed by atoms with Crippen LogP contribution in [0.2, 0.25) is 0 Å². The summed E-state index contributed by atoms with van der Waals surface area (Å²) in [7, 11) is 0. The van der Waals surface area contributed by atoms with Crippen LogP contribution in [0.25, 0.3) is 0 Å². The minimum Gasteiger partial charge on any atom is -0.458 e. The Labute approximate surface area is 176 Å². The first kappa shape index (κ1) is 18.9. The van der Waals surface area contributed by atoms with Crippen molar-refractivity contribution in [2.75, 3.05) is 0 Å². The lowest BCUT2D eigenvalue weighted by atomic mass is 9.39. The van der Waals surface area contributed by atoms with Crippen molar-refractivity contribution in [1.82, 2.24) is 0 Å². The van der Waals surface area contributed by atoms with E-state index in [9.17, 15) is 20.0 Å². The third-order valence-electron chi connectivity index (χ3n) is 10.8. The summed E-state index contributed by atoms with van der Waals surface area (Å²) in [5.41, 5.74) is 5.72. The van der Waals surface area contributed by atoms with Crippen LogP contribution < -0.4 is 5.73 Å². The number of ether oxygens (including phenoxy) is 1. The standard InChI is InChI=1S/C24H30N2O4/c1-21-6-4-14(27)19-20(26)12(9-23(19,21)11-25)17-13-3-7-24(8-5-16(29)30-24)22(13,2)10-15(28)18(17)21/h12-13,15,17-18,28H,3-10,26H2,1-2H3/t12-,13+,15-,17+,18+,21-,22+,23+,24-/m1/s1. The number of nitrogens with zero attached hydrogens (tertiary/aromatic N) is 1. The zero-order valence-electron chi connectivity index (χ0n) is 17.7.